The number of amides is 1. The van der Waals surface area contributed by atoms with Crippen molar-refractivity contribution in [1.29, 1.82) is 0 Å². The van der Waals surface area contributed by atoms with Gasteiger partial charge in [-0.3, -0.25) is 9.48 Å². The van der Waals surface area contributed by atoms with E-state index in [4.69, 9.17) is 0 Å². The summed E-state index contributed by atoms with van der Waals surface area (Å²) < 4.78 is 1.87. The number of hydrogen-bond acceptors (Lipinski definition) is 3. The van der Waals surface area contributed by atoms with Gasteiger partial charge in [0.1, 0.15) is 0 Å². The molecule has 0 bridgehead atoms. The fraction of sp³-hybridized carbons (Fsp3) is 0.733. The van der Waals surface area contributed by atoms with Crippen molar-refractivity contribution in [3.8, 4) is 0 Å². The third-order valence-corrected chi connectivity index (χ3v) is 5.09. The smallest absolute Gasteiger partial charge is 0.257 e. The minimum absolute atomic E-state index is 0.103. The monoisotopic (exact) mass is 295 g/mol. The molecular weight excluding hydrogens is 270 g/mol. The lowest BCUT2D eigenvalue weighted by molar-refractivity contribution is 0.0735. The van der Waals surface area contributed by atoms with Crippen LogP contribution in [0.15, 0.2) is 12.4 Å². The Kier molecular flexibility index (Phi) is 5.13. The highest BCUT2D eigenvalue weighted by Gasteiger charge is 2.30. The lowest BCUT2D eigenvalue weighted by atomic mass is 10.2. The van der Waals surface area contributed by atoms with E-state index < -0.39 is 0 Å². The summed E-state index contributed by atoms with van der Waals surface area (Å²) in [5.74, 6) is 0.638. The van der Waals surface area contributed by atoms with Gasteiger partial charge in [-0.05, 0) is 31.4 Å². The molecule has 20 heavy (non-hydrogen) atoms. The van der Waals surface area contributed by atoms with E-state index in [2.05, 4.69) is 25.2 Å². The topological polar surface area (TPSA) is 38.1 Å². The minimum Gasteiger partial charge on any atom is -0.339 e. The molecule has 1 amide bonds. The van der Waals surface area contributed by atoms with Crippen LogP contribution in [0.2, 0.25) is 0 Å². The molecule has 0 saturated heterocycles. The van der Waals surface area contributed by atoms with E-state index in [1.807, 2.05) is 34.6 Å². The summed E-state index contributed by atoms with van der Waals surface area (Å²) in [6.07, 6.45) is 9.18. The molecular formula is C15H25N3OS. The van der Waals surface area contributed by atoms with E-state index in [0.29, 0.717) is 22.8 Å². The molecule has 0 spiro atoms. The van der Waals surface area contributed by atoms with Gasteiger partial charge in [-0.15, -0.1) is 0 Å². The van der Waals surface area contributed by atoms with Crippen molar-refractivity contribution in [3.05, 3.63) is 18.0 Å². The van der Waals surface area contributed by atoms with Crippen LogP contribution < -0.4 is 0 Å². The molecule has 0 aliphatic heterocycles. The van der Waals surface area contributed by atoms with Crippen LogP contribution in [0.1, 0.15) is 43.5 Å². The molecule has 1 aromatic heterocycles. The third kappa shape index (κ3) is 3.57. The Balaban J connectivity index is 1.98. The average Bonchev–Trinajstić information content (AvgIpc) is 3.04. The maximum Gasteiger partial charge on any atom is 0.257 e. The predicted octanol–water partition coefficient (Wildman–Crippen LogP) is 2.90. The van der Waals surface area contributed by atoms with Crippen LogP contribution in [0.5, 0.6) is 0 Å². The molecule has 1 heterocycles. The SMILES string of the molecule is CS[C@@H]1CC[C@@H](N(C)C(=O)c2cnn(CC(C)C)c2)C1. The molecule has 4 nitrogen and oxygen atoms in total. The lowest BCUT2D eigenvalue weighted by Gasteiger charge is -2.24. The molecule has 1 aromatic rings. The highest BCUT2D eigenvalue weighted by atomic mass is 32.2. The van der Waals surface area contributed by atoms with E-state index in [0.717, 1.165) is 19.4 Å². The number of nitrogens with zero attached hydrogens (tertiary/aromatic N) is 3. The first kappa shape index (κ1) is 15.4. The van der Waals surface area contributed by atoms with Crippen molar-refractivity contribution in [1.82, 2.24) is 14.7 Å². The Hall–Kier alpha value is -0.970. The van der Waals surface area contributed by atoms with E-state index in [1.165, 1.54) is 6.42 Å². The Labute approximate surface area is 125 Å². The van der Waals surface area contributed by atoms with Crippen LogP contribution in [0.3, 0.4) is 0 Å². The molecule has 2 rings (SSSR count). The Bertz CT molecular complexity index is 458. The largest absolute Gasteiger partial charge is 0.339 e. The van der Waals surface area contributed by atoms with Gasteiger partial charge in [-0.25, -0.2) is 0 Å². The standard InChI is InChI=1S/C15H25N3OS/c1-11(2)9-18-10-12(8-16-18)15(19)17(3)13-5-6-14(7-13)20-4/h8,10-11,13-14H,5-7,9H2,1-4H3/t13-,14-/m1/s1. The quantitative estimate of drug-likeness (QED) is 0.838. The highest BCUT2D eigenvalue weighted by Crippen LogP contribution is 2.31. The van der Waals surface area contributed by atoms with Crippen LogP contribution in [-0.2, 0) is 6.54 Å². The summed E-state index contributed by atoms with van der Waals surface area (Å²) in [6, 6.07) is 0.383. The summed E-state index contributed by atoms with van der Waals surface area (Å²) in [5, 5.41) is 4.99. The van der Waals surface area contributed by atoms with Gasteiger partial charge in [0.15, 0.2) is 0 Å². The van der Waals surface area contributed by atoms with Crippen molar-refractivity contribution in [2.45, 2.75) is 50.9 Å². The van der Waals surface area contributed by atoms with E-state index in [1.54, 1.807) is 6.20 Å². The zero-order valence-electron chi connectivity index (χ0n) is 12.9. The second-order valence-corrected chi connectivity index (χ2v) is 7.22. The molecule has 0 radical (unpaired) electrons. The van der Waals surface area contributed by atoms with Gasteiger partial charge >= 0.3 is 0 Å². The number of carbonyl (C=O) groups is 1. The molecule has 0 unspecified atom stereocenters. The number of aromatic nitrogens is 2. The summed E-state index contributed by atoms with van der Waals surface area (Å²) in [6.45, 7) is 5.15. The summed E-state index contributed by atoms with van der Waals surface area (Å²) in [7, 11) is 1.93. The molecule has 1 fully saturated rings. The van der Waals surface area contributed by atoms with Gasteiger partial charge in [-0.2, -0.15) is 16.9 Å². The highest BCUT2D eigenvalue weighted by molar-refractivity contribution is 7.99. The molecule has 2 atom stereocenters. The Morgan fingerprint density at radius 1 is 1.55 bits per heavy atom. The van der Waals surface area contributed by atoms with Gasteiger partial charge in [0, 0.05) is 31.1 Å². The number of thioether (sulfide) groups is 1. The lowest BCUT2D eigenvalue weighted by Crippen LogP contribution is -2.35. The normalized spacial score (nSPS) is 22.4. The van der Waals surface area contributed by atoms with E-state index in [9.17, 15) is 4.79 Å². The molecule has 1 aliphatic rings. The fourth-order valence-electron chi connectivity index (χ4n) is 2.80. The van der Waals surface area contributed by atoms with Crippen LogP contribution >= 0.6 is 11.8 Å². The number of rotatable bonds is 5. The summed E-state index contributed by atoms with van der Waals surface area (Å²) in [5.41, 5.74) is 0.709. The van der Waals surface area contributed by atoms with Gasteiger partial charge in [-0.1, -0.05) is 13.8 Å². The van der Waals surface area contributed by atoms with Gasteiger partial charge in [0.25, 0.3) is 5.91 Å². The van der Waals surface area contributed by atoms with Gasteiger partial charge in [0.2, 0.25) is 0 Å². The first-order valence-corrected chi connectivity index (χ1v) is 8.62. The van der Waals surface area contributed by atoms with Crippen molar-refractivity contribution in [3.63, 3.8) is 0 Å². The van der Waals surface area contributed by atoms with E-state index >= 15 is 0 Å². The van der Waals surface area contributed by atoms with Crippen LogP contribution in [0, 0.1) is 5.92 Å². The average molecular weight is 295 g/mol. The number of carbonyl (C=O) groups excluding carboxylic acids is 1. The van der Waals surface area contributed by atoms with Gasteiger partial charge in [0.05, 0.1) is 11.8 Å². The molecule has 112 valence electrons. The zero-order chi connectivity index (χ0) is 14.7. The fourth-order valence-corrected chi connectivity index (χ4v) is 3.59. The molecule has 0 N–H and O–H groups in total. The first-order valence-electron chi connectivity index (χ1n) is 7.33. The van der Waals surface area contributed by atoms with Crippen molar-refractivity contribution < 1.29 is 4.79 Å². The molecule has 1 saturated carbocycles. The minimum atomic E-state index is 0.103. The van der Waals surface area contributed by atoms with Crippen molar-refractivity contribution in [2.75, 3.05) is 13.3 Å². The maximum absolute atomic E-state index is 12.5. The van der Waals surface area contributed by atoms with E-state index in [-0.39, 0.29) is 5.91 Å². The summed E-state index contributed by atoms with van der Waals surface area (Å²) >= 11 is 1.92. The summed E-state index contributed by atoms with van der Waals surface area (Å²) in [4.78, 5) is 14.4. The first-order chi connectivity index (χ1) is 9.51. The van der Waals surface area contributed by atoms with Crippen molar-refractivity contribution >= 4 is 17.7 Å². The molecule has 1 aliphatic carbocycles. The maximum atomic E-state index is 12.5. The van der Waals surface area contributed by atoms with Gasteiger partial charge < -0.3 is 4.90 Å². The number of hydrogen-bond donors (Lipinski definition) is 0. The second-order valence-electron chi connectivity index (χ2n) is 6.09. The zero-order valence-corrected chi connectivity index (χ0v) is 13.7. The second kappa shape index (κ2) is 6.66. The van der Waals surface area contributed by atoms with Crippen LogP contribution in [0.25, 0.3) is 0 Å². The Morgan fingerprint density at radius 3 is 2.90 bits per heavy atom. The van der Waals surface area contributed by atoms with Crippen LogP contribution in [-0.4, -0.2) is 45.2 Å². The molecule has 5 heteroatoms. The molecule has 0 aromatic carbocycles. The van der Waals surface area contributed by atoms with Crippen LogP contribution in [0.4, 0.5) is 0 Å². The Morgan fingerprint density at radius 2 is 2.30 bits per heavy atom. The van der Waals surface area contributed by atoms with Crippen molar-refractivity contribution in [2.24, 2.45) is 5.92 Å². The third-order valence-electron chi connectivity index (χ3n) is 3.99. The predicted molar refractivity (Wildman–Crippen MR) is 84.1 cm³/mol.